The van der Waals surface area contributed by atoms with Crippen LogP contribution < -0.4 is 5.32 Å². The average Bonchev–Trinajstić information content (AvgIpc) is 3.39. The number of halogens is 1. The first-order valence-electron chi connectivity index (χ1n) is 8.26. The Morgan fingerprint density at radius 1 is 1.31 bits per heavy atom. The van der Waals surface area contributed by atoms with E-state index in [9.17, 15) is 14.4 Å². The number of nitrogens with one attached hydrogen (secondary N) is 1. The lowest BCUT2D eigenvalue weighted by Crippen LogP contribution is -2.33. The zero-order valence-corrected chi connectivity index (χ0v) is 17.5. The fourth-order valence-corrected chi connectivity index (χ4v) is 3.70. The van der Waals surface area contributed by atoms with E-state index in [-0.39, 0.29) is 5.75 Å². The second-order valence-corrected chi connectivity index (χ2v) is 8.02. The Bertz CT molecular complexity index is 1040. The topological polar surface area (TPSA) is 103 Å². The van der Waals surface area contributed by atoms with Gasteiger partial charge in [-0.3, -0.25) is 24.3 Å². The zero-order valence-electron chi connectivity index (χ0n) is 15.1. The number of rotatable bonds is 7. The van der Waals surface area contributed by atoms with Gasteiger partial charge in [0, 0.05) is 5.02 Å². The number of nitrogens with zero attached hydrogens (tertiary/aromatic N) is 3. The number of aryl methyl sites for hydroxylation is 1. The summed E-state index contributed by atoms with van der Waals surface area (Å²) in [5.41, 5.74) is 1.70. The number of benzene rings is 1. The first-order valence-corrected chi connectivity index (χ1v) is 10.5. The van der Waals surface area contributed by atoms with Gasteiger partial charge in [0.15, 0.2) is 11.8 Å². The third-order valence-corrected chi connectivity index (χ3v) is 5.82. The SMILES string of the molecule is Cc1ccc(-n2cnnc2SCC(=O)OCC(=O)NC(=O)c2cccs2)cc1Cl. The van der Waals surface area contributed by atoms with Crippen molar-refractivity contribution in [3.63, 3.8) is 0 Å². The number of thioether (sulfide) groups is 1. The molecule has 8 nitrogen and oxygen atoms in total. The molecule has 1 aromatic carbocycles. The molecule has 2 amide bonds. The van der Waals surface area contributed by atoms with Crippen LogP contribution in [0.15, 0.2) is 47.2 Å². The summed E-state index contributed by atoms with van der Waals surface area (Å²) in [7, 11) is 0. The summed E-state index contributed by atoms with van der Waals surface area (Å²) in [6.07, 6.45) is 1.51. The highest BCUT2D eigenvalue weighted by Gasteiger charge is 2.15. The van der Waals surface area contributed by atoms with Crippen LogP contribution in [0.2, 0.25) is 5.02 Å². The highest BCUT2D eigenvalue weighted by atomic mass is 35.5. The molecule has 3 aromatic rings. The van der Waals surface area contributed by atoms with Crippen molar-refractivity contribution < 1.29 is 19.1 Å². The average molecular weight is 451 g/mol. The van der Waals surface area contributed by atoms with Gasteiger partial charge >= 0.3 is 5.97 Å². The van der Waals surface area contributed by atoms with Gasteiger partial charge in [0.05, 0.1) is 16.3 Å². The lowest BCUT2D eigenvalue weighted by molar-refractivity contribution is -0.145. The maximum absolute atomic E-state index is 11.9. The highest BCUT2D eigenvalue weighted by molar-refractivity contribution is 7.99. The summed E-state index contributed by atoms with van der Waals surface area (Å²) in [5.74, 6) is -1.92. The molecule has 0 aliphatic carbocycles. The van der Waals surface area contributed by atoms with Crippen LogP contribution in [-0.2, 0) is 14.3 Å². The van der Waals surface area contributed by atoms with Crippen LogP contribution in [-0.4, -0.2) is 44.9 Å². The Morgan fingerprint density at radius 2 is 2.14 bits per heavy atom. The van der Waals surface area contributed by atoms with E-state index in [1.54, 1.807) is 28.1 Å². The summed E-state index contributed by atoms with van der Waals surface area (Å²) >= 11 is 8.47. The minimum atomic E-state index is -0.695. The molecule has 2 aromatic heterocycles. The molecule has 2 heterocycles. The van der Waals surface area contributed by atoms with Gasteiger partial charge in [0.25, 0.3) is 11.8 Å². The fraction of sp³-hybridized carbons (Fsp3) is 0.167. The van der Waals surface area contributed by atoms with E-state index < -0.39 is 24.4 Å². The first-order chi connectivity index (χ1) is 13.9. The number of imide groups is 1. The predicted molar refractivity (Wildman–Crippen MR) is 110 cm³/mol. The maximum atomic E-state index is 11.9. The van der Waals surface area contributed by atoms with Crippen LogP contribution in [0.1, 0.15) is 15.2 Å². The molecule has 0 fully saturated rings. The van der Waals surface area contributed by atoms with Crippen molar-refractivity contribution in [3.05, 3.63) is 57.5 Å². The number of carbonyl (C=O) groups excluding carboxylic acids is 3. The van der Waals surface area contributed by atoms with Crippen LogP contribution in [0.25, 0.3) is 5.69 Å². The number of carbonyl (C=O) groups is 3. The minimum Gasteiger partial charge on any atom is -0.455 e. The van der Waals surface area contributed by atoms with E-state index in [1.807, 2.05) is 19.1 Å². The number of hydrogen-bond acceptors (Lipinski definition) is 8. The summed E-state index contributed by atoms with van der Waals surface area (Å²) < 4.78 is 6.59. The van der Waals surface area contributed by atoms with E-state index in [4.69, 9.17) is 16.3 Å². The fourth-order valence-electron chi connectivity index (χ4n) is 2.17. The molecule has 0 saturated carbocycles. The van der Waals surface area contributed by atoms with Crippen molar-refractivity contribution >= 4 is 52.5 Å². The van der Waals surface area contributed by atoms with Crippen LogP contribution >= 0.6 is 34.7 Å². The van der Waals surface area contributed by atoms with Crippen LogP contribution in [0, 0.1) is 6.92 Å². The molecule has 0 spiro atoms. The number of ether oxygens (including phenoxy) is 1. The van der Waals surface area contributed by atoms with E-state index in [1.165, 1.54) is 17.7 Å². The second kappa shape index (κ2) is 9.68. The highest BCUT2D eigenvalue weighted by Crippen LogP contribution is 2.23. The van der Waals surface area contributed by atoms with Gasteiger partial charge in [-0.25, -0.2) is 0 Å². The molecule has 0 saturated heterocycles. The molecule has 1 N–H and O–H groups in total. The van der Waals surface area contributed by atoms with Gasteiger partial charge in [0.2, 0.25) is 0 Å². The standard InChI is InChI=1S/C18H15ClN4O4S2/c1-11-4-5-12(7-13(11)19)23-10-20-22-18(23)29-9-16(25)27-8-15(24)21-17(26)14-3-2-6-28-14/h2-7,10H,8-9H2,1H3,(H,21,24,26). The van der Waals surface area contributed by atoms with Crippen molar-refractivity contribution in [2.45, 2.75) is 12.1 Å². The van der Waals surface area contributed by atoms with E-state index in [0.717, 1.165) is 23.0 Å². The van der Waals surface area contributed by atoms with Gasteiger partial charge < -0.3 is 4.74 Å². The first kappa shape index (κ1) is 21.0. The summed E-state index contributed by atoms with van der Waals surface area (Å²) in [6.45, 7) is 1.35. The van der Waals surface area contributed by atoms with Crippen molar-refractivity contribution in [3.8, 4) is 5.69 Å². The number of amides is 2. The van der Waals surface area contributed by atoms with Gasteiger partial charge in [-0.15, -0.1) is 21.5 Å². The Labute approximate surface area is 179 Å². The van der Waals surface area contributed by atoms with Crippen LogP contribution in [0.3, 0.4) is 0 Å². The Morgan fingerprint density at radius 3 is 2.86 bits per heavy atom. The third kappa shape index (κ3) is 5.66. The lowest BCUT2D eigenvalue weighted by Gasteiger charge is -2.08. The van der Waals surface area contributed by atoms with Crippen molar-refractivity contribution in [2.24, 2.45) is 0 Å². The molecule has 3 rings (SSSR count). The van der Waals surface area contributed by atoms with E-state index >= 15 is 0 Å². The van der Waals surface area contributed by atoms with Gasteiger partial charge in [-0.1, -0.05) is 35.5 Å². The number of thiophene rings is 1. The monoisotopic (exact) mass is 450 g/mol. The Kier molecular flexibility index (Phi) is 7.02. The maximum Gasteiger partial charge on any atom is 0.316 e. The van der Waals surface area contributed by atoms with Crippen molar-refractivity contribution in [2.75, 3.05) is 12.4 Å². The number of hydrogen-bond donors (Lipinski definition) is 1. The summed E-state index contributed by atoms with van der Waals surface area (Å²) in [4.78, 5) is 35.8. The quantitative estimate of drug-likeness (QED) is 0.436. The molecule has 150 valence electrons. The number of esters is 1. The van der Waals surface area contributed by atoms with Crippen molar-refractivity contribution in [1.29, 1.82) is 0 Å². The molecule has 0 aliphatic rings. The molecule has 0 atom stereocenters. The molecule has 0 aliphatic heterocycles. The van der Waals surface area contributed by atoms with Gasteiger partial charge in [-0.05, 0) is 36.1 Å². The van der Waals surface area contributed by atoms with Gasteiger partial charge in [0.1, 0.15) is 6.33 Å². The lowest BCUT2D eigenvalue weighted by atomic mass is 10.2. The molecule has 0 unspecified atom stereocenters. The predicted octanol–water partition coefficient (Wildman–Crippen LogP) is 2.88. The zero-order chi connectivity index (χ0) is 20.8. The van der Waals surface area contributed by atoms with Gasteiger partial charge in [-0.2, -0.15) is 0 Å². The third-order valence-electron chi connectivity index (χ3n) is 3.63. The molecule has 0 bridgehead atoms. The second-order valence-electron chi connectivity index (χ2n) is 5.72. The summed E-state index contributed by atoms with van der Waals surface area (Å²) in [6, 6.07) is 8.80. The Balaban J connectivity index is 1.49. The molecular formula is C18H15ClN4O4S2. The molecular weight excluding hydrogens is 436 g/mol. The largest absolute Gasteiger partial charge is 0.455 e. The Hall–Kier alpha value is -2.69. The summed E-state index contributed by atoms with van der Waals surface area (Å²) in [5, 5.41) is 12.8. The molecule has 0 radical (unpaired) electrons. The normalized spacial score (nSPS) is 10.6. The van der Waals surface area contributed by atoms with Crippen molar-refractivity contribution in [1.82, 2.24) is 20.1 Å². The van der Waals surface area contributed by atoms with E-state index in [2.05, 4.69) is 15.5 Å². The van der Waals surface area contributed by atoms with Crippen LogP contribution in [0.5, 0.6) is 0 Å². The molecule has 29 heavy (non-hydrogen) atoms. The van der Waals surface area contributed by atoms with Crippen LogP contribution in [0.4, 0.5) is 0 Å². The van der Waals surface area contributed by atoms with E-state index in [0.29, 0.717) is 15.1 Å². The molecule has 11 heteroatoms. The smallest absolute Gasteiger partial charge is 0.316 e. The number of aromatic nitrogens is 3. The minimum absolute atomic E-state index is 0.0789.